The van der Waals surface area contributed by atoms with Crippen LogP contribution in [0.4, 0.5) is 10.6 Å². The van der Waals surface area contributed by atoms with E-state index in [2.05, 4.69) is 48.3 Å². The minimum absolute atomic E-state index is 0.444. The van der Waals surface area contributed by atoms with Crippen molar-refractivity contribution in [3.63, 3.8) is 0 Å². The number of carboxylic acid groups (broad SMARTS) is 1. The Labute approximate surface area is 232 Å². The van der Waals surface area contributed by atoms with Crippen LogP contribution >= 0.6 is 0 Å². The Morgan fingerprint density at radius 1 is 1.10 bits per heavy atom. The van der Waals surface area contributed by atoms with Gasteiger partial charge in [0.15, 0.2) is 5.65 Å². The van der Waals surface area contributed by atoms with Crippen LogP contribution in [0.2, 0.25) is 0 Å². The summed E-state index contributed by atoms with van der Waals surface area (Å²) in [5.74, 6) is 1.63. The van der Waals surface area contributed by atoms with Crippen LogP contribution in [0.1, 0.15) is 26.7 Å². The second-order valence-corrected chi connectivity index (χ2v) is 10.8. The maximum atomic E-state index is 11.8. The molecule has 12 nitrogen and oxygen atoms in total. The van der Waals surface area contributed by atoms with Crippen molar-refractivity contribution in [2.24, 2.45) is 0 Å². The fourth-order valence-corrected chi connectivity index (χ4v) is 6.14. The largest absolute Gasteiger partial charge is 0.492 e. The maximum Gasteiger partial charge on any atom is 0.405 e. The fourth-order valence-electron chi connectivity index (χ4n) is 6.14. The van der Waals surface area contributed by atoms with Crippen molar-refractivity contribution >= 4 is 28.5 Å². The molecule has 2 aliphatic rings. The molecule has 6 heterocycles. The zero-order valence-electron chi connectivity index (χ0n) is 23.1. The summed E-state index contributed by atoms with van der Waals surface area (Å²) in [4.78, 5) is 23.7. The Morgan fingerprint density at radius 3 is 2.55 bits per heavy atom. The molecule has 1 amide bonds. The number of pyridine rings is 2. The van der Waals surface area contributed by atoms with Gasteiger partial charge in [0.2, 0.25) is 0 Å². The first-order valence-corrected chi connectivity index (χ1v) is 14.1. The van der Waals surface area contributed by atoms with Gasteiger partial charge < -0.3 is 25.0 Å². The number of nitrogens with one attached hydrogen (secondary N) is 2. The highest BCUT2D eigenvalue weighted by molar-refractivity contribution is 6.00. The molecule has 6 rings (SSSR count). The molecule has 0 bridgehead atoms. The molecular formula is C28H37N9O3. The molecule has 0 unspecified atom stereocenters. The van der Waals surface area contributed by atoms with E-state index in [4.69, 9.17) is 9.72 Å². The van der Waals surface area contributed by atoms with Crippen molar-refractivity contribution in [2.75, 3.05) is 63.9 Å². The van der Waals surface area contributed by atoms with Gasteiger partial charge in [0.05, 0.1) is 35.4 Å². The number of rotatable bonds is 8. The molecule has 0 saturated carbocycles. The normalized spacial score (nSPS) is 18.4. The number of carbonyl (C=O) groups is 1. The quantitative estimate of drug-likeness (QED) is 0.305. The van der Waals surface area contributed by atoms with Gasteiger partial charge in [-0.05, 0) is 44.5 Å². The van der Waals surface area contributed by atoms with Crippen LogP contribution in [0.5, 0.6) is 5.75 Å². The molecule has 3 N–H and O–H groups in total. The lowest BCUT2D eigenvalue weighted by Gasteiger charge is -2.46. The van der Waals surface area contributed by atoms with Gasteiger partial charge in [-0.3, -0.25) is 10.00 Å². The number of anilines is 1. The third kappa shape index (κ3) is 5.16. The second kappa shape index (κ2) is 10.9. The van der Waals surface area contributed by atoms with Crippen LogP contribution < -0.4 is 15.0 Å². The lowest BCUT2D eigenvalue weighted by atomic mass is 9.86. The van der Waals surface area contributed by atoms with Gasteiger partial charge in [-0.25, -0.2) is 14.3 Å². The average Bonchev–Trinajstić information content (AvgIpc) is 3.55. The van der Waals surface area contributed by atoms with Crippen LogP contribution in [0.3, 0.4) is 0 Å². The number of hydrogen-bond donors (Lipinski definition) is 3. The van der Waals surface area contributed by atoms with Crippen LogP contribution in [0.15, 0.2) is 36.8 Å². The highest BCUT2D eigenvalue weighted by Gasteiger charge is 2.38. The summed E-state index contributed by atoms with van der Waals surface area (Å²) >= 11 is 0. The Morgan fingerprint density at radius 2 is 1.88 bits per heavy atom. The molecule has 2 fully saturated rings. The van der Waals surface area contributed by atoms with E-state index in [1.165, 1.54) is 0 Å². The average molecular weight is 548 g/mol. The number of H-pyrrole nitrogens is 1. The summed E-state index contributed by atoms with van der Waals surface area (Å²) in [5, 5.41) is 25.2. The van der Waals surface area contributed by atoms with E-state index in [-0.39, 0.29) is 0 Å². The number of ether oxygens (including phenoxy) is 1. The first-order valence-electron chi connectivity index (χ1n) is 14.1. The standard InChI is InChI=1S/C28H37N9O3/c1-3-34-11-13-35(14-12-34)19-28(31-27(38)39)7-9-36(10-8-28)24-6-5-20(16-29-24)22-15-21(40-4-2)18-37-25(22)23-17-30-32-26(23)33-37/h5-6,15-18,31H,3-4,7-14,19H2,1-2H3,(H,32,33)(H,38,39). The lowest BCUT2D eigenvalue weighted by molar-refractivity contribution is 0.0899. The number of aromatic amines is 1. The van der Waals surface area contributed by atoms with Gasteiger partial charge in [-0.1, -0.05) is 6.92 Å². The van der Waals surface area contributed by atoms with Gasteiger partial charge >= 0.3 is 6.09 Å². The van der Waals surface area contributed by atoms with Crippen molar-refractivity contribution in [3.05, 3.63) is 36.8 Å². The van der Waals surface area contributed by atoms with Crippen molar-refractivity contribution in [1.82, 2.24) is 39.9 Å². The van der Waals surface area contributed by atoms with Crippen LogP contribution in [0.25, 0.3) is 27.7 Å². The van der Waals surface area contributed by atoms with E-state index in [1.54, 1.807) is 6.20 Å². The van der Waals surface area contributed by atoms with Crippen molar-refractivity contribution in [1.29, 1.82) is 0 Å². The number of piperazine rings is 1. The molecule has 40 heavy (non-hydrogen) atoms. The first-order chi connectivity index (χ1) is 19.5. The first kappa shape index (κ1) is 26.3. The van der Waals surface area contributed by atoms with E-state index in [0.717, 1.165) is 104 Å². The minimum Gasteiger partial charge on any atom is -0.492 e. The predicted octanol–water partition coefficient (Wildman–Crippen LogP) is 2.92. The summed E-state index contributed by atoms with van der Waals surface area (Å²) in [6, 6.07) is 6.15. The zero-order chi connectivity index (χ0) is 27.7. The molecule has 212 valence electrons. The lowest BCUT2D eigenvalue weighted by Crippen LogP contribution is -2.62. The number of hydrogen-bond acceptors (Lipinski definition) is 8. The van der Waals surface area contributed by atoms with E-state index in [0.29, 0.717) is 6.61 Å². The molecule has 12 heteroatoms. The highest BCUT2D eigenvalue weighted by atomic mass is 16.5. The molecule has 0 aromatic carbocycles. The number of aromatic nitrogens is 5. The monoisotopic (exact) mass is 547 g/mol. The van der Waals surface area contributed by atoms with Crippen molar-refractivity contribution < 1.29 is 14.6 Å². The summed E-state index contributed by atoms with van der Waals surface area (Å²) in [6.45, 7) is 12.0. The topological polar surface area (TPSA) is 127 Å². The molecular weight excluding hydrogens is 510 g/mol. The van der Waals surface area contributed by atoms with Gasteiger partial charge in [0.25, 0.3) is 0 Å². The molecule has 0 aliphatic carbocycles. The maximum absolute atomic E-state index is 11.8. The third-order valence-corrected chi connectivity index (χ3v) is 8.33. The molecule has 2 aliphatic heterocycles. The van der Waals surface area contributed by atoms with Gasteiger partial charge in [0, 0.05) is 63.1 Å². The van der Waals surface area contributed by atoms with E-state index in [9.17, 15) is 9.90 Å². The van der Waals surface area contributed by atoms with Crippen LogP contribution in [0, 0.1) is 0 Å². The van der Waals surface area contributed by atoms with Crippen LogP contribution in [-0.4, -0.2) is 110 Å². The Kier molecular flexibility index (Phi) is 7.20. The SMILES string of the molecule is CCOc1cc(-c2ccc(N3CCC(CN4CCN(CC)CC4)(NC(=O)O)CC3)nc2)c2c3cn[nH]c3nn2c1. The molecule has 0 atom stereocenters. The Bertz CT molecular complexity index is 1470. The van der Waals surface area contributed by atoms with E-state index < -0.39 is 11.6 Å². The van der Waals surface area contributed by atoms with Crippen molar-refractivity contribution in [3.8, 4) is 16.9 Å². The zero-order valence-corrected chi connectivity index (χ0v) is 23.1. The smallest absolute Gasteiger partial charge is 0.405 e. The molecule has 4 aromatic rings. The molecule has 0 radical (unpaired) electrons. The number of nitrogens with zero attached hydrogens (tertiary/aromatic N) is 7. The summed E-state index contributed by atoms with van der Waals surface area (Å²) in [5.41, 5.74) is 3.16. The number of fused-ring (bicyclic) bond motifs is 3. The molecule has 2 saturated heterocycles. The number of piperidine rings is 1. The van der Waals surface area contributed by atoms with Gasteiger partial charge in [-0.15, -0.1) is 5.10 Å². The van der Waals surface area contributed by atoms with Crippen molar-refractivity contribution in [2.45, 2.75) is 32.2 Å². The Hall–Kier alpha value is -3.90. The minimum atomic E-state index is -0.949. The predicted molar refractivity (Wildman–Crippen MR) is 153 cm³/mol. The summed E-state index contributed by atoms with van der Waals surface area (Å²) < 4.78 is 7.64. The summed E-state index contributed by atoms with van der Waals surface area (Å²) in [6.07, 6.45) is 6.09. The Balaban J connectivity index is 1.19. The van der Waals surface area contributed by atoms with Gasteiger partial charge in [0.1, 0.15) is 11.6 Å². The summed E-state index contributed by atoms with van der Waals surface area (Å²) in [7, 11) is 0. The van der Waals surface area contributed by atoms with Crippen LogP contribution in [-0.2, 0) is 0 Å². The van der Waals surface area contributed by atoms with E-state index >= 15 is 0 Å². The third-order valence-electron chi connectivity index (χ3n) is 8.33. The van der Waals surface area contributed by atoms with Gasteiger partial charge in [-0.2, -0.15) is 5.10 Å². The fraction of sp³-hybridized carbons (Fsp3) is 0.500. The highest BCUT2D eigenvalue weighted by Crippen LogP contribution is 2.34. The van der Waals surface area contributed by atoms with E-state index in [1.807, 2.05) is 36.0 Å². The second-order valence-electron chi connectivity index (χ2n) is 10.8. The molecule has 0 spiro atoms. The number of amides is 1. The number of likely N-dealkylation sites (N-methyl/N-ethyl adjacent to an activating group) is 1. The molecule has 4 aromatic heterocycles.